The van der Waals surface area contributed by atoms with E-state index in [-0.39, 0.29) is 24.3 Å². The van der Waals surface area contributed by atoms with Gasteiger partial charge in [-0.3, -0.25) is 4.79 Å². The molecular formula is C21H27ClFN3O. The van der Waals surface area contributed by atoms with E-state index in [0.717, 1.165) is 22.4 Å². The summed E-state index contributed by atoms with van der Waals surface area (Å²) < 4.78 is 14.2. The lowest BCUT2D eigenvalue weighted by Gasteiger charge is -2.36. The summed E-state index contributed by atoms with van der Waals surface area (Å²) in [6, 6.07) is 2.96. The number of rotatable bonds is 6. The molecule has 146 valence electrons. The summed E-state index contributed by atoms with van der Waals surface area (Å²) in [5, 5.41) is 6.57. The van der Waals surface area contributed by atoms with Gasteiger partial charge in [0.1, 0.15) is 5.82 Å². The number of allylic oxidation sites excluding steroid dienone is 2. The van der Waals surface area contributed by atoms with E-state index in [0.29, 0.717) is 23.7 Å². The highest BCUT2D eigenvalue weighted by Gasteiger charge is 2.29. The zero-order valence-electron chi connectivity index (χ0n) is 16.3. The second kappa shape index (κ2) is 9.09. The smallest absolute Gasteiger partial charge is 0.242 e. The van der Waals surface area contributed by atoms with Crippen molar-refractivity contribution in [3.05, 3.63) is 58.4 Å². The van der Waals surface area contributed by atoms with E-state index < -0.39 is 0 Å². The molecule has 0 bridgehead atoms. The van der Waals surface area contributed by atoms with Gasteiger partial charge in [-0.05, 0) is 56.0 Å². The van der Waals surface area contributed by atoms with Crippen molar-refractivity contribution < 1.29 is 9.18 Å². The third kappa shape index (κ3) is 4.53. The maximum absolute atomic E-state index is 14.2. The Labute approximate surface area is 165 Å². The minimum Gasteiger partial charge on any atom is -0.388 e. The monoisotopic (exact) mass is 391 g/mol. The molecule has 1 heterocycles. The number of nitrogens with zero attached hydrogens (tertiary/aromatic N) is 1. The Hall–Kier alpha value is -2.27. The average molecular weight is 392 g/mol. The van der Waals surface area contributed by atoms with Crippen molar-refractivity contribution in [3.8, 4) is 0 Å². The molecule has 0 saturated carbocycles. The standard InChI is InChI=1S/C21H27ClFN3O/c1-6-15-8-9-26(14(4)21(15)16(22)7-2)20(27)12-25-19-11-18(24-5)13(3)10-17(19)23/h6-7,10-11,14,24-25H,1,8-9,12H2,2-5H3/b16-7+. The van der Waals surface area contributed by atoms with Crippen molar-refractivity contribution in [2.45, 2.75) is 33.2 Å². The molecule has 0 spiro atoms. The summed E-state index contributed by atoms with van der Waals surface area (Å²) in [5.74, 6) is -0.479. The molecule has 1 amide bonds. The van der Waals surface area contributed by atoms with Crippen LogP contribution in [-0.2, 0) is 4.79 Å². The fourth-order valence-electron chi connectivity index (χ4n) is 3.40. The number of anilines is 2. The Morgan fingerprint density at radius 3 is 2.74 bits per heavy atom. The van der Waals surface area contributed by atoms with Crippen LogP contribution in [0.25, 0.3) is 0 Å². The molecule has 1 unspecified atom stereocenters. The summed E-state index contributed by atoms with van der Waals surface area (Å²) in [7, 11) is 1.78. The highest BCUT2D eigenvalue weighted by Crippen LogP contribution is 2.32. The quantitative estimate of drug-likeness (QED) is 0.729. The van der Waals surface area contributed by atoms with Crippen molar-refractivity contribution in [2.24, 2.45) is 0 Å². The van der Waals surface area contributed by atoms with E-state index in [9.17, 15) is 9.18 Å². The highest BCUT2D eigenvalue weighted by atomic mass is 35.5. The normalized spacial score (nSPS) is 17.8. The van der Waals surface area contributed by atoms with Gasteiger partial charge in [0.05, 0.1) is 18.3 Å². The van der Waals surface area contributed by atoms with Gasteiger partial charge < -0.3 is 15.5 Å². The minimum atomic E-state index is -0.377. The van der Waals surface area contributed by atoms with Gasteiger partial charge in [-0.1, -0.05) is 30.3 Å². The van der Waals surface area contributed by atoms with Gasteiger partial charge >= 0.3 is 0 Å². The summed E-state index contributed by atoms with van der Waals surface area (Å²) in [6.07, 6.45) is 4.32. The third-order valence-electron chi connectivity index (χ3n) is 4.94. The molecule has 1 atom stereocenters. The molecule has 4 nitrogen and oxygen atoms in total. The van der Waals surface area contributed by atoms with Gasteiger partial charge in [0.25, 0.3) is 0 Å². The molecule has 1 aliphatic rings. The minimum absolute atomic E-state index is 0.0115. The number of aryl methyl sites for hydroxylation is 1. The molecule has 0 aliphatic carbocycles. The number of hydrogen-bond acceptors (Lipinski definition) is 3. The molecule has 0 aromatic heterocycles. The van der Waals surface area contributed by atoms with Crippen molar-refractivity contribution in [1.29, 1.82) is 0 Å². The third-order valence-corrected chi connectivity index (χ3v) is 5.37. The van der Waals surface area contributed by atoms with Crippen LogP contribution in [0.4, 0.5) is 15.8 Å². The topological polar surface area (TPSA) is 44.4 Å². The molecule has 2 rings (SSSR count). The second-order valence-corrected chi connectivity index (χ2v) is 6.95. The van der Waals surface area contributed by atoms with Gasteiger partial charge in [-0.2, -0.15) is 0 Å². The Morgan fingerprint density at radius 2 is 2.15 bits per heavy atom. The Bertz CT molecular complexity index is 801. The van der Waals surface area contributed by atoms with Crippen LogP contribution in [0.1, 0.15) is 25.8 Å². The molecule has 2 N–H and O–H groups in total. The van der Waals surface area contributed by atoms with E-state index in [1.165, 1.54) is 6.07 Å². The number of carbonyl (C=O) groups excluding carboxylic acids is 1. The van der Waals surface area contributed by atoms with E-state index in [2.05, 4.69) is 17.2 Å². The fourth-order valence-corrected chi connectivity index (χ4v) is 3.68. The van der Waals surface area contributed by atoms with Crippen LogP contribution in [0, 0.1) is 12.7 Å². The highest BCUT2D eigenvalue weighted by molar-refractivity contribution is 6.32. The lowest BCUT2D eigenvalue weighted by atomic mass is 9.92. The second-order valence-electron chi connectivity index (χ2n) is 6.54. The average Bonchev–Trinajstić information content (AvgIpc) is 2.66. The maximum Gasteiger partial charge on any atom is 0.242 e. The Balaban J connectivity index is 2.15. The van der Waals surface area contributed by atoms with Crippen molar-refractivity contribution in [1.82, 2.24) is 4.90 Å². The van der Waals surface area contributed by atoms with Gasteiger partial charge in [0.15, 0.2) is 0 Å². The lowest BCUT2D eigenvalue weighted by Crippen LogP contribution is -2.46. The van der Waals surface area contributed by atoms with Crippen molar-refractivity contribution in [3.63, 3.8) is 0 Å². The number of nitrogens with one attached hydrogen (secondary N) is 2. The predicted octanol–water partition coefficient (Wildman–Crippen LogP) is 4.83. The SMILES string of the molecule is C=CC1=C(/C(Cl)=C\C)C(C)N(C(=O)CNc2cc(NC)c(C)cc2F)CC1. The van der Waals surface area contributed by atoms with Crippen LogP contribution in [0.15, 0.2) is 47.0 Å². The number of hydrogen-bond donors (Lipinski definition) is 2. The Kier molecular flexibility index (Phi) is 7.08. The molecule has 1 aliphatic heterocycles. The van der Waals surface area contributed by atoms with Crippen LogP contribution < -0.4 is 10.6 Å². The van der Waals surface area contributed by atoms with E-state index in [4.69, 9.17) is 11.6 Å². The van der Waals surface area contributed by atoms with Gasteiger partial charge in [0.2, 0.25) is 5.91 Å². The first-order valence-corrected chi connectivity index (χ1v) is 9.40. The number of halogens is 2. The molecule has 0 fully saturated rings. The fraction of sp³-hybridized carbons (Fsp3) is 0.381. The van der Waals surface area contributed by atoms with Gasteiger partial charge in [-0.15, -0.1) is 0 Å². The van der Waals surface area contributed by atoms with Crippen molar-refractivity contribution >= 4 is 28.9 Å². The molecule has 27 heavy (non-hydrogen) atoms. The van der Waals surface area contributed by atoms with Crippen LogP contribution in [0.2, 0.25) is 0 Å². The molecule has 0 radical (unpaired) electrons. The lowest BCUT2D eigenvalue weighted by molar-refractivity contribution is -0.130. The van der Waals surface area contributed by atoms with E-state index in [1.807, 2.05) is 26.8 Å². The number of amides is 1. The zero-order valence-corrected chi connectivity index (χ0v) is 17.1. The van der Waals surface area contributed by atoms with Crippen molar-refractivity contribution in [2.75, 3.05) is 30.8 Å². The van der Waals surface area contributed by atoms with Crippen LogP contribution in [0.5, 0.6) is 0 Å². The first-order chi connectivity index (χ1) is 12.8. The summed E-state index contributed by atoms with van der Waals surface area (Å²) in [6.45, 7) is 10.1. The van der Waals surface area contributed by atoms with E-state index in [1.54, 1.807) is 24.1 Å². The molecular weight excluding hydrogens is 365 g/mol. The van der Waals surface area contributed by atoms with Crippen LogP contribution in [0.3, 0.4) is 0 Å². The molecule has 6 heteroatoms. The molecule has 0 saturated heterocycles. The van der Waals surface area contributed by atoms with E-state index >= 15 is 0 Å². The summed E-state index contributed by atoms with van der Waals surface area (Å²) >= 11 is 6.37. The largest absolute Gasteiger partial charge is 0.388 e. The maximum atomic E-state index is 14.2. The molecule has 1 aromatic carbocycles. The first-order valence-electron chi connectivity index (χ1n) is 9.02. The first kappa shape index (κ1) is 21.0. The Morgan fingerprint density at radius 1 is 1.44 bits per heavy atom. The summed E-state index contributed by atoms with van der Waals surface area (Å²) in [4.78, 5) is 14.6. The predicted molar refractivity (Wildman–Crippen MR) is 112 cm³/mol. The van der Waals surface area contributed by atoms with Crippen LogP contribution in [-0.4, -0.2) is 37.0 Å². The summed E-state index contributed by atoms with van der Waals surface area (Å²) in [5.41, 5.74) is 3.92. The number of benzene rings is 1. The van der Waals surface area contributed by atoms with Crippen LogP contribution >= 0.6 is 11.6 Å². The zero-order chi connectivity index (χ0) is 20.1. The molecule has 1 aromatic rings. The van der Waals surface area contributed by atoms with Gasteiger partial charge in [-0.25, -0.2) is 4.39 Å². The van der Waals surface area contributed by atoms with Gasteiger partial charge in [0, 0.05) is 24.3 Å². The number of carbonyl (C=O) groups is 1.